The van der Waals surface area contributed by atoms with Crippen molar-refractivity contribution in [1.82, 2.24) is 10.2 Å². The van der Waals surface area contributed by atoms with Crippen LogP contribution in [0.15, 0.2) is 24.3 Å². The zero-order valence-corrected chi connectivity index (χ0v) is 11.7. The fourth-order valence-corrected chi connectivity index (χ4v) is 2.30. The third-order valence-corrected chi connectivity index (χ3v) is 3.56. The van der Waals surface area contributed by atoms with Crippen molar-refractivity contribution in [2.45, 2.75) is 19.9 Å². The van der Waals surface area contributed by atoms with Crippen LogP contribution in [0.2, 0.25) is 0 Å². The second kappa shape index (κ2) is 6.76. The first kappa shape index (κ1) is 13.4. The summed E-state index contributed by atoms with van der Waals surface area (Å²) in [5, 5.41) is 3.44. The summed E-state index contributed by atoms with van der Waals surface area (Å²) in [5.41, 5.74) is 2.74. The monoisotopic (exact) mass is 247 g/mol. The Morgan fingerprint density at radius 2 is 1.72 bits per heavy atom. The molecule has 1 saturated heterocycles. The highest BCUT2D eigenvalue weighted by Gasteiger charge is 2.13. The molecule has 3 nitrogen and oxygen atoms in total. The van der Waals surface area contributed by atoms with Gasteiger partial charge in [-0.3, -0.25) is 0 Å². The minimum Gasteiger partial charge on any atom is -0.369 e. The molecule has 1 aliphatic rings. The molecule has 0 spiro atoms. The van der Waals surface area contributed by atoms with Crippen molar-refractivity contribution in [2.75, 3.05) is 44.7 Å². The van der Waals surface area contributed by atoms with E-state index >= 15 is 0 Å². The lowest BCUT2D eigenvalue weighted by atomic mass is 10.2. The van der Waals surface area contributed by atoms with Gasteiger partial charge in [0.05, 0.1) is 0 Å². The maximum Gasteiger partial charge on any atom is 0.0367 e. The van der Waals surface area contributed by atoms with E-state index < -0.39 is 0 Å². The average molecular weight is 247 g/mol. The van der Waals surface area contributed by atoms with Crippen LogP contribution in [0.5, 0.6) is 0 Å². The van der Waals surface area contributed by atoms with E-state index in [0.29, 0.717) is 0 Å². The summed E-state index contributed by atoms with van der Waals surface area (Å²) in [4.78, 5) is 4.86. The number of anilines is 1. The smallest absolute Gasteiger partial charge is 0.0367 e. The molecule has 1 N–H and O–H groups in total. The largest absolute Gasteiger partial charge is 0.369 e. The molecule has 1 aromatic carbocycles. The highest BCUT2D eigenvalue weighted by atomic mass is 15.2. The van der Waals surface area contributed by atoms with Crippen LogP contribution in [-0.4, -0.2) is 44.7 Å². The normalized spacial score (nSPS) is 17.1. The standard InChI is InChI=1S/C15H25N3/c1-3-8-16-13-14-4-6-15(7-5-14)18-11-9-17(2)10-12-18/h4-7,16H,3,8-13H2,1-2H3. The number of hydrogen-bond acceptors (Lipinski definition) is 3. The van der Waals surface area contributed by atoms with Gasteiger partial charge in [0, 0.05) is 38.4 Å². The SMILES string of the molecule is CCCNCc1ccc(N2CCN(C)CC2)cc1. The van der Waals surface area contributed by atoms with E-state index in [4.69, 9.17) is 0 Å². The average Bonchev–Trinajstić information content (AvgIpc) is 2.41. The highest BCUT2D eigenvalue weighted by molar-refractivity contribution is 5.48. The van der Waals surface area contributed by atoms with Crippen LogP contribution >= 0.6 is 0 Å². The second-order valence-electron chi connectivity index (χ2n) is 5.13. The fraction of sp³-hybridized carbons (Fsp3) is 0.600. The van der Waals surface area contributed by atoms with Gasteiger partial charge in [-0.25, -0.2) is 0 Å². The number of likely N-dealkylation sites (N-methyl/N-ethyl adjacent to an activating group) is 1. The Balaban J connectivity index is 1.87. The van der Waals surface area contributed by atoms with Gasteiger partial charge in [-0.15, -0.1) is 0 Å². The Bertz CT molecular complexity index is 339. The van der Waals surface area contributed by atoms with Crippen LogP contribution < -0.4 is 10.2 Å². The maximum atomic E-state index is 3.44. The number of rotatable bonds is 5. The van der Waals surface area contributed by atoms with Gasteiger partial charge in [0.15, 0.2) is 0 Å². The summed E-state index contributed by atoms with van der Waals surface area (Å²) in [7, 11) is 2.19. The van der Waals surface area contributed by atoms with Gasteiger partial charge < -0.3 is 15.1 Å². The van der Waals surface area contributed by atoms with Crippen LogP contribution in [0.4, 0.5) is 5.69 Å². The molecule has 1 heterocycles. The molecule has 100 valence electrons. The summed E-state index contributed by atoms with van der Waals surface area (Å²) in [6.07, 6.45) is 1.19. The lowest BCUT2D eigenvalue weighted by Crippen LogP contribution is -2.44. The first-order valence-electron chi connectivity index (χ1n) is 7.02. The summed E-state index contributed by atoms with van der Waals surface area (Å²) >= 11 is 0. The van der Waals surface area contributed by atoms with Crippen LogP contribution in [0.25, 0.3) is 0 Å². The van der Waals surface area contributed by atoms with E-state index in [1.807, 2.05) is 0 Å². The summed E-state index contributed by atoms with van der Waals surface area (Å²) in [6, 6.07) is 9.01. The number of nitrogens with zero attached hydrogens (tertiary/aromatic N) is 2. The zero-order valence-electron chi connectivity index (χ0n) is 11.7. The maximum absolute atomic E-state index is 3.44. The van der Waals surface area contributed by atoms with E-state index in [9.17, 15) is 0 Å². The summed E-state index contributed by atoms with van der Waals surface area (Å²) in [5.74, 6) is 0. The number of hydrogen-bond donors (Lipinski definition) is 1. The molecule has 1 aliphatic heterocycles. The van der Waals surface area contributed by atoms with Crippen molar-refractivity contribution < 1.29 is 0 Å². The van der Waals surface area contributed by atoms with Crippen molar-refractivity contribution in [1.29, 1.82) is 0 Å². The van der Waals surface area contributed by atoms with Crippen molar-refractivity contribution in [3.63, 3.8) is 0 Å². The molecule has 0 amide bonds. The molecular formula is C15H25N3. The van der Waals surface area contributed by atoms with Gasteiger partial charge >= 0.3 is 0 Å². The van der Waals surface area contributed by atoms with Gasteiger partial charge in [0.25, 0.3) is 0 Å². The van der Waals surface area contributed by atoms with Gasteiger partial charge in [0.2, 0.25) is 0 Å². The Morgan fingerprint density at radius 1 is 1.06 bits per heavy atom. The number of nitrogens with one attached hydrogen (secondary N) is 1. The molecule has 1 aromatic rings. The molecule has 1 fully saturated rings. The molecule has 0 atom stereocenters. The predicted octanol–water partition coefficient (Wildman–Crippen LogP) is 1.94. The summed E-state index contributed by atoms with van der Waals surface area (Å²) < 4.78 is 0. The molecule has 0 bridgehead atoms. The van der Waals surface area contributed by atoms with Crippen LogP contribution in [0.1, 0.15) is 18.9 Å². The van der Waals surface area contributed by atoms with E-state index in [1.54, 1.807) is 0 Å². The van der Waals surface area contributed by atoms with Crippen molar-refractivity contribution in [2.24, 2.45) is 0 Å². The Hall–Kier alpha value is -1.06. The lowest BCUT2D eigenvalue weighted by molar-refractivity contribution is 0.313. The van der Waals surface area contributed by atoms with Gasteiger partial charge in [-0.05, 0) is 37.7 Å². The van der Waals surface area contributed by atoms with Crippen molar-refractivity contribution in [3.05, 3.63) is 29.8 Å². The van der Waals surface area contributed by atoms with Gasteiger partial charge in [0.1, 0.15) is 0 Å². The van der Waals surface area contributed by atoms with Crippen LogP contribution in [-0.2, 0) is 6.54 Å². The Labute approximate surface area is 111 Å². The molecule has 0 radical (unpaired) electrons. The predicted molar refractivity (Wildman–Crippen MR) is 78.1 cm³/mol. The van der Waals surface area contributed by atoms with E-state index in [-0.39, 0.29) is 0 Å². The van der Waals surface area contributed by atoms with E-state index in [2.05, 4.69) is 53.4 Å². The van der Waals surface area contributed by atoms with Gasteiger partial charge in [-0.1, -0.05) is 19.1 Å². The molecule has 2 rings (SSSR count). The molecule has 18 heavy (non-hydrogen) atoms. The Morgan fingerprint density at radius 3 is 2.33 bits per heavy atom. The first-order chi connectivity index (χ1) is 8.79. The molecule has 0 aromatic heterocycles. The van der Waals surface area contributed by atoms with Crippen molar-refractivity contribution >= 4 is 5.69 Å². The summed E-state index contributed by atoms with van der Waals surface area (Å²) in [6.45, 7) is 8.90. The third kappa shape index (κ3) is 3.72. The zero-order chi connectivity index (χ0) is 12.8. The number of benzene rings is 1. The lowest BCUT2D eigenvalue weighted by Gasteiger charge is -2.34. The quantitative estimate of drug-likeness (QED) is 0.802. The first-order valence-corrected chi connectivity index (χ1v) is 7.02. The molecule has 0 aliphatic carbocycles. The molecular weight excluding hydrogens is 222 g/mol. The van der Waals surface area contributed by atoms with E-state index in [1.165, 1.54) is 30.8 Å². The van der Waals surface area contributed by atoms with Crippen molar-refractivity contribution in [3.8, 4) is 0 Å². The second-order valence-corrected chi connectivity index (χ2v) is 5.13. The molecule has 0 unspecified atom stereocenters. The highest BCUT2D eigenvalue weighted by Crippen LogP contribution is 2.16. The van der Waals surface area contributed by atoms with E-state index in [0.717, 1.165) is 26.2 Å². The number of piperazine rings is 1. The van der Waals surface area contributed by atoms with Crippen LogP contribution in [0, 0.1) is 0 Å². The fourth-order valence-electron chi connectivity index (χ4n) is 2.30. The third-order valence-electron chi connectivity index (χ3n) is 3.56. The van der Waals surface area contributed by atoms with Crippen LogP contribution in [0.3, 0.4) is 0 Å². The molecule has 3 heteroatoms. The minimum atomic E-state index is 0.983. The minimum absolute atomic E-state index is 0.983. The molecule has 0 saturated carbocycles. The topological polar surface area (TPSA) is 18.5 Å². The van der Waals surface area contributed by atoms with Gasteiger partial charge in [-0.2, -0.15) is 0 Å². The Kier molecular flexibility index (Phi) is 5.02.